The largest absolute Gasteiger partial charge is 0.435 e. The summed E-state index contributed by atoms with van der Waals surface area (Å²) in [6, 6.07) is 4.53. The number of aromatic nitrogens is 2. The van der Waals surface area contributed by atoms with E-state index in [9.17, 15) is 21.6 Å². The number of fused-ring (bicyclic) bond motifs is 1. The number of alkyl halides is 3. The van der Waals surface area contributed by atoms with Gasteiger partial charge in [0.25, 0.3) is 0 Å². The van der Waals surface area contributed by atoms with E-state index in [0.717, 1.165) is 6.42 Å². The van der Waals surface area contributed by atoms with E-state index in [1.165, 1.54) is 10.7 Å². The van der Waals surface area contributed by atoms with Crippen molar-refractivity contribution in [3.63, 3.8) is 0 Å². The summed E-state index contributed by atoms with van der Waals surface area (Å²) >= 11 is 5.86. The molecular formula is C17H19ClF3N3O2S. The van der Waals surface area contributed by atoms with E-state index >= 15 is 0 Å². The van der Waals surface area contributed by atoms with Crippen molar-refractivity contribution >= 4 is 21.6 Å². The Morgan fingerprint density at radius 2 is 1.96 bits per heavy atom. The minimum atomic E-state index is -4.51. The average molecular weight is 422 g/mol. The number of rotatable bonds is 5. The van der Waals surface area contributed by atoms with E-state index in [0.29, 0.717) is 30.5 Å². The number of nitrogens with zero attached hydrogens (tertiary/aromatic N) is 2. The molecule has 0 unspecified atom stereocenters. The maximum atomic E-state index is 13.2. The molecule has 5 nitrogen and oxygen atoms in total. The zero-order chi connectivity index (χ0) is 19.8. The second-order valence-corrected chi connectivity index (χ2v) is 8.68. The standard InChI is InChI=1S/C17H19ClF3N3O2S/c1-11-6-7-12(18)10-15(11)27(25,26)22-8-9-24-14-5-3-2-4-13(14)16(23-24)17(19,20)21/h6-7,10,22H,2-5,8-9H2,1H3. The van der Waals surface area contributed by atoms with Gasteiger partial charge in [-0.2, -0.15) is 18.3 Å². The Labute approximate surface area is 160 Å². The molecule has 10 heteroatoms. The van der Waals surface area contributed by atoms with Crippen LogP contribution in [0.4, 0.5) is 13.2 Å². The highest BCUT2D eigenvalue weighted by Crippen LogP contribution is 2.35. The molecule has 1 heterocycles. The minimum absolute atomic E-state index is 0.0251. The van der Waals surface area contributed by atoms with Gasteiger partial charge in [-0.25, -0.2) is 13.1 Å². The predicted octanol–water partition coefficient (Wildman–Crippen LogP) is 3.72. The first kappa shape index (κ1) is 20.2. The van der Waals surface area contributed by atoms with E-state index in [1.807, 2.05) is 0 Å². The zero-order valence-electron chi connectivity index (χ0n) is 14.6. The molecule has 0 radical (unpaired) electrons. The molecule has 0 amide bonds. The van der Waals surface area contributed by atoms with Crippen molar-refractivity contribution in [1.29, 1.82) is 0 Å². The molecule has 0 fully saturated rings. The highest BCUT2D eigenvalue weighted by atomic mass is 35.5. The van der Waals surface area contributed by atoms with E-state index in [4.69, 9.17) is 11.6 Å². The molecule has 2 aromatic rings. The van der Waals surface area contributed by atoms with Crippen LogP contribution in [0.5, 0.6) is 0 Å². The highest BCUT2D eigenvalue weighted by molar-refractivity contribution is 7.89. The summed E-state index contributed by atoms with van der Waals surface area (Å²) in [7, 11) is -3.82. The number of aryl methyl sites for hydroxylation is 1. The van der Waals surface area contributed by atoms with E-state index in [1.54, 1.807) is 19.1 Å². The van der Waals surface area contributed by atoms with Gasteiger partial charge in [0, 0.05) is 22.8 Å². The lowest BCUT2D eigenvalue weighted by atomic mass is 9.95. The van der Waals surface area contributed by atoms with E-state index in [-0.39, 0.29) is 28.6 Å². The molecule has 0 saturated carbocycles. The first-order valence-electron chi connectivity index (χ1n) is 8.51. The molecule has 0 aliphatic heterocycles. The third kappa shape index (κ3) is 4.30. The third-order valence-electron chi connectivity index (χ3n) is 4.58. The topological polar surface area (TPSA) is 64.0 Å². The molecule has 0 saturated heterocycles. The summed E-state index contributed by atoms with van der Waals surface area (Å²) in [5.41, 5.74) is 0.461. The monoisotopic (exact) mass is 421 g/mol. The highest BCUT2D eigenvalue weighted by Gasteiger charge is 2.39. The summed E-state index contributed by atoms with van der Waals surface area (Å²) in [4.78, 5) is 0.0495. The van der Waals surface area contributed by atoms with Gasteiger partial charge in [-0.3, -0.25) is 4.68 Å². The quantitative estimate of drug-likeness (QED) is 0.800. The number of halogens is 4. The molecule has 1 aliphatic carbocycles. The van der Waals surface area contributed by atoms with Crippen molar-refractivity contribution in [2.75, 3.05) is 6.54 Å². The van der Waals surface area contributed by atoms with Gasteiger partial charge in [-0.1, -0.05) is 17.7 Å². The summed E-state index contributed by atoms with van der Waals surface area (Å²) in [6.45, 7) is 1.60. The molecule has 3 rings (SSSR count). The maximum Gasteiger partial charge on any atom is 0.435 e. The van der Waals surface area contributed by atoms with Gasteiger partial charge in [0.2, 0.25) is 10.0 Å². The number of hydrogen-bond donors (Lipinski definition) is 1. The van der Waals surface area contributed by atoms with Crippen LogP contribution in [0, 0.1) is 6.92 Å². The van der Waals surface area contributed by atoms with Crippen molar-refractivity contribution in [2.45, 2.75) is 50.2 Å². The Hall–Kier alpha value is -1.58. The lowest BCUT2D eigenvalue weighted by Crippen LogP contribution is -2.29. The fourth-order valence-electron chi connectivity index (χ4n) is 3.31. The lowest BCUT2D eigenvalue weighted by molar-refractivity contribution is -0.142. The number of sulfonamides is 1. The fourth-order valence-corrected chi connectivity index (χ4v) is 4.84. The number of benzene rings is 1. The normalized spacial score (nSPS) is 15.0. The molecule has 0 atom stereocenters. The molecule has 0 bridgehead atoms. The van der Waals surface area contributed by atoms with Crippen LogP contribution in [-0.4, -0.2) is 24.7 Å². The second kappa shape index (κ2) is 7.44. The van der Waals surface area contributed by atoms with Crippen LogP contribution in [0.25, 0.3) is 0 Å². The van der Waals surface area contributed by atoms with Gasteiger partial charge in [0.1, 0.15) is 0 Å². The summed E-state index contributed by atoms with van der Waals surface area (Å²) in [5.74, 6) is 0. The van der Waals surface area contributed by atoms with Crippen LogP contribution in [-0.2, 0) is 35.6 Å². The van der Waals surface area contributed by atoms with Crippen molar-refractivity contribution in [2.24, 2.45) is 0 Å². The molecule has 1 aliphatic rings. The van der Waals surface area contributed by atoms with Crippen LogP contribution >= 0.6 is 11.6 Å². The fraction of sp³-hybridized carbons (Fsp3) is 0.471. The van der Waals surface area contributed by atoms with Crippen LogP contribution in [0.2, 0.25) is 5.02 Å². The summed E-state index contributed by atoms with van der Waals surface area (Å²) in [5, 5.41) is 4.01. The Bertz CT molecular complexity index is 955. The Morgan fingerprint density at radius 3 is 2.67 bits per heavy atom. The van der Waals surface area contributed by atoms with E-state index in [2.05, 4.69) is 9.82 Å². The molecule has 27 heavy (non-hydrogen) atoms. The van der Waals surface area contributed by atoms with Crippen LogP contribution in [0.1, 0.15) is 35.4 Å². The summed E-state index contributed by atoms with van der Waals surface area (Å²) in [6.07, 6.45) is -2.16. The van der Waals surface area contributed by atoms with Crippen molar-refractivity contribution in [3.05, 3.63) is 45.7 Å². The first-order chi connectivity index (χ1) is 12.6. The second-order valence-electron chi connectivity index (χ2n) is 6.51. The van der Waals surface area contributed by atoms with Crippen molar-refractivity contribution in [3.8, 4) is 0 Å². The molecule has 148 valence electrons. The molecular weight excluding hydrogens is 403 g/mol. The van der Waals surface area contributed by atoms with Crippen molar-refractivity contribution in [1.82, 2.24) is 14.5 Å². The maximum absolute atomic E-state index is 13.2. The minimum Gasteiger partial charge on any atom is -0.267 e. The zero-order valence-corrected chi connectivity index (χ0v) is 16.2. The van der Waals surface area contributed by atoms with Crippen molar-refractivity contribution < 1.29 is 21.6 Å². The van der Waals surface area contributed by atoms with E-state index < -0.39 is 21.9 Å². The molecule has 1 aromatic heterocycles. The first-order valence-corrected chi connectivity index (χ1v) is 10.4. The predicted molar refractivity (Wildman–Crippen MR) is 95.2 cm³/mol. The van der Waals surface area contributed by atoms with Gasteiger partial charge >= 0.3 is 6.18 Å². The van der Waals surface area contributed by atoms with Crippen LogP contribution in [0.3, 0.4) is 0 Å². The molecule has 1 aromatic carbocycles. The number of nitrogens with one attached hydrogen (secondary N) is 1. The number of hydrogen-bond acceptors (Lipinski definition) is 3. The van der Waals surface area contributed by atoms with Gasteiger partial charge in [0.15, 0.2) is 5.69 Å². The smallest absolute Gasteiger partial charge is 0.267 e. The van der Waals surface area contributed by atoms with Gasteiger partial charge in [-0.05, 0) is 50.3 Å². The van der Waals surface area contributed by atoms with Gasteiger partial charge < -0.3 is 0 Å². The van der Waals surface area contributed by atoms with Crippen LogP contribution < -0.4 is 4.72 Å². The van der Waals surface area contributed by atoms with Gasteiger partial charge in [-0.15, -0.1) is 0 Å². The Kier molecular flexibility index (Phi) is 5.56. The molecule has 0 spiro atoms. The molecule has 1 N–H and O–H groups in total. The average Bonchev–Trinajstić information content (AvgIpc) is 2.96. The SMILES string of the molecule is Cc1ccc(Cl)cc1S(=O)(=O)NCCn1nc(C(F)(F)F)c2c1CCCC2. The Balaban J connectivity index is 1.78. The third-order valence-corrected chi connectivity index (χ3v) is 6.42. The lowest BCUT2D eigenvalue weighted by Gasteiger charge is -2.15. The van der Waals surface area contributed by atoms with Gasteiger partial charge in [0.05, 0.1) is 11.4 Å². The summed E-state index contributed by atoms with van der Waals surface area (Å²) < 4.78 is 68.3. The Morgan fingerprint density at radius 1 is 1.26 bits per heavy atom. The van der Waals surface area contributed by atoms with Crippen LogP contribution in [0.15, 0.2) is 23.1 Å².